The predicted molar refractivity (Wildman–Crippen MR) is 68.6 cm³/mol. The summed E-state index contributed by atoms with van der Waals surface area (Å²) in [4.78, 5) is 0. The third-order valence-electron chi connectivity index (χ3n) is 2.61. The highest BCUT2D eigenvalue weighted by Gasteiger charge is 2.08. The molecule has 0 aliphatic heterocycles. The van der Waals surface area contributed by atoms with Crippen molar-refractivity contribution in [2.24, 2.45) is 11.7 Å². The fourth-order valence-corrected chi connectivity index (χ4v) is 1.90. The van der Waals surface area contributed by atoms with Gasteiger partial charge in [-0.1, -0.05) is 26.0 Å². The van der Waals surface area contributed by atoms with E-state index in [2.05, 4.69) is 33.8 Å². The summed E-state index contributed by atoms with van der Waals surface area (Å²) >= 11 is 0. The maximum absolute atomic E-state index is 5.91. The van der Waals surface area contributed by atoms with E-state index in [1.807, 2.05) is 12.1 Å². The van der Waals surface area contributed by atoms with Crippen LogP contribution in [0.15, 0.2) is 18.2 Å². The Labute approximate surface area is 98.8 Å². The molecule has 2 heteroatoms. The maximum Gasteiger partial charge on any atom is 0.122 e. The number of nitrogens with two attached hydrogens (primary N) is 1. The Bertz CT molecular complexity index is 334. The highest BCUT2D eigenvalue weighted by atomic mass is 16.5. The molecule has 0 spiro atoms. The summed E-state index contributed by atoms with van der Waals surface area (Å²) in [5.41, 5.74) is 7.91. The average molecular weight is 221 g/mol. The lowest BCUT2D eigenvalue weighted by atomic mass is 10.1. The molecule has 1 aromatic carbocycles. The Morgan fingerprint density at radius 3 is 2.44 bits per heavy atom. The van der Waals surface area contributed by atoms with Crippen LogP contribution in [0.4, 0.5) is 0 Å². The number of rotatable bonds is 5. The van der Waals surface area contributed by atoms with Crippen LogP contribution in [-0.2, 0) is 6.54 Å². The van der Waals surface area contributed by atoms with Crippen molar-refractivity contribution in [2.75, 3.05) is 0 Å². The van der Waals surface area contributed by atoms with Crippen LogP contribution >= 0.6 is 0 Å². The van der Waals surface area contributed by atoms with E-state index in [9.17, 15) is 0 Å². The summed E-state index contributed by atoms with van der Waals surface area (Å²) in [7, 11) is 0. The summed E-state index contributed by atoms with van der Waals surface area (Å²) in [6.45, 7) is 9.20. The van der Waals surface area contributed by atoms with Crippen LogP contribution in [0.5, 0.6) is 5.75 Å². The number of hydrogen-bond acceptors (Lipinski definition) is 2. The topological polar surface area (TPSA) is 35.2 Å². The first-order valence-electron chi connectivity index (χ1n) is 5.99. The van der Waals surface area contributed by atoms with Gasteiger partial charge in [0.25, 0.3) is 0 Å². The molecule has 1 rings (SSSR count). The van der Waals surface area contributed by atoms with Crippen molar-refractivity contribution in [3.63, 3.8) is 0 Å². The van der Waals surface area contributed by atoms with Gasteiger partial charge < -0.3 is 10.5 Å². The minimum Gasteiger partial charge on any atom is -0.490 e. The SMILES string of the molecule is Cc1cc(CN)ccc1OC(C)CC(C)C. The van der Waals surface area contributed by atoms with E-state index in [4.69, 9.17) is 10.5 Å². The second kappa shape index (κ2) is 5.90. The standard InChI is InChI=1S/C14H23NO/c1-10(2)7-12(4)16-14-6-5-13(9-15)8-11(14)3/h5-6,8,10,12H,7,9,15H2,1-4H3. The van der Waals surface area contributed by atoms with E-state index in [0.717, 1.165) is 17.7 Å². The van der Waals surface area contributed by atoms with Crippen LogP contribution in [0.1, 0.15) is 38.3 Å². The van der Waals surface area contributed by atoms with Crippen molar-refractivity contribution < 1.29 is 4.74 Å². The lowest BCUT2D eigenvalue weighted by Gasteiger charge is -2.18. The van der Waals surface area contributed by atoms with Crippen molar-refractivity contribution in [1.29, 1.82) is 0 Å². The number of benzene rings is 1. The van der Waals surface area contributed by atoms with Crippen LogP contribution in [0.3, 0.4) is 0 Å². The molecule has 1 unspecified atom stereocenters. The molecule has 0 aromatic heterocycles. The van der Waals surface area contributed by atoms with Crippen LogP contribution < -0.4 is 10.5 Å². The molecule has 0 bridgehead atoms. The number of hydrogen-bond donors (Lipinski definition) is 1. The fourth-order valence-electron chi connectivity index (χ4n) is 1.90. The lowest BCUT2D eigenvalue weighted by Crippen LogP contribution is -2.15. The van der Waals surface area contributed by atoms with Crippen molar-refractivity contribution in [3.05, 3.63) is 29.3 Å². The minimum atomic E-state index is 0.266. The first-order chi connectivity index (χ1) is 7.52. The summed E-state index contributed by atoms with van der Waals surface area (Å²) in [5.74, 6) is 1.64. The summed E-state index contributed by atoms with van der Waals surface area (Å²) in [5, 5.41) is 0. The zero-order chi connectivity index (χ0) is 12.1. The van der Waals surface area contributed by atoms with E-state index in [1.165, 1.54) is 5.56 Å². The molecule has 0 aliphatic carbocycles. The van der Waals surface area contributed by atoms with Gasteiger partial charge in [-0.2, -0.15) is 0 Å². The normalized spacial score (nSPS) is 12.9. The summed E-state index contributed by atoms with van der Waals surface area (Å²) < 4.78 is 5.91. The molecule has 0 aliphatic rings. The van der Waals surface area contributed by atoms with E-state index in [-0.39, 0.29) is 6.10 Å². The third-order valence-corrected chi connectivity index (χ3v) is 2.61. The maximum atomic E-state index is 5.91. The van der Waals surface area contributed by atoms with E-state index < -0.39 is 0 Å². The molecule has 2 N–H and O–H groups in total. The van der Waals surface area contributed by atoms with E-state index >= 15 is 0 Å². The quantitative estimate of drug-likeness (QED) is 0.828. The Balaban J connectivity index is 2.66. The molecule has 16 heavy (non-hydrogen) atoms. The van der Waals surface area contributed by atoms with E-state index in [1.54, 1.807) is 0 Å². The molecule has 0 saturated heterocycles. The van der Waals surface area contributed by atoms with Crippen LogP contribution in [0.25, 0.3) is 0 Å². The average Bonchev–Trinajstić information content (AvgIpc) is 2.19. The van der Waals surface area contributed by atoms with Gasteiger partial charge in [0.15, 0.2) is 0 Å². The zero-order valence-corrected chi connectivity index (χ0v) is 10.8. The predicted octanol–water partition coefficient (Wildman–Crippen LogP) is 3.27. The molecular formula is C14H23NO. The van der Waals surface area contributed by atoms with Gasteiger partial charge in [0.2, 0.25) is 0 Å². The Morgan fingerprint density at radius 2 is 1.94 bits per heavy atom. The zero-order valence-electron chi connectivity index (χ0n) is 10.8. The van der Waals surface area contributed by atoms with Gasteiger partial charge in [-0.3, -0.25) is 0 Å². The summed E-state index contributed by atoms with van der Waals surface area (Å²) in [6.07, 6.45) is 1.35. The lowest BCUT2D eigenvalue weighted by molar-refractivity contribution is 0.192. The second-order valence-corrected chi connectivity index (χ2v) is 4.86. The largest absolute Gasteiger partial charge is 0.490 e. The van der Waals surface area contributed by atoms with Crippen molar-refractivity contribution in [3.8, 4) is 5.75 Å². The first kappa shape index (κ1) is 13.0. The highest BCUT2D eigenvalue weighted by Crippen LogP contribution is 2.21. The van der Waals surface area contributed by atoms with Gasteiger partial charge in [-0.05, 0) is 43.4 Å². The van der Waals surface area contributed by atoms with Gasteiger partial charge in [0.05, 0.1) is 6.10 Å². The van der Waals surface area contributed by atoms with Crippen molar-refractivity contribution >= 4 is 0 Å². The molecular weight excluding hydrogens is 198 g/mol. The fraction of sp³-hybridized carbons (Fsp3) is 0.571. The molecule has 0 heterocycles. The van der Waals surface area contributed by atoms with Crippen molar-refractivity contribution in [2.45, 2.75) is 46.8 Å². The number of ether oxygens (including phenoxy) is 1. The highest BCUT2D eigenvalue weighted by molar-refractivity contribution is 5.36. The monoisotopic (exact) mass is 221 g/mol. The van der Waals surface area contributed by atoms with Crippen molar-refractivity contribution in [1.82, 2.24) is 0 Å². The molecule has 0 saturated carbocycles. The van der Waals surface area contributed by atoms with Gasteiger partial charge in [0, 0.05) is 6.54 Å². The number of aryl methyl sites for hydroxylation is 1. The van der Waals surface area contributed by atoms with Gasteiger partial charge in [0.1, 0.15) is 5.75 Å². The van der Waals surface area contributed by atoms with Gasteiger partial charge >= 0.3 is 0 Å². The Hall–Kier alpha value is -1.02. The smallest absolute Gasteiger partial charge is 0.122 e. The molecule has 90 valence electrons. The molecule has 1 atom stereocenters. The van der Waals surface area contributed by atoms with Crippen LogP contribution in [0, 0.1) is 12.8 Å². The van der Waals surface area contributed by atoms with Gasteiger partial charge in [-0.15, -0.1) is 0 Å². The summed E-state index contributed by atoms with van der Waals surface area (Å²) in [6, 6.07) is 6.15. The molecule has 0 amide bonds. The molecule has 0 radical (unpaired) electrons. The molecule has 2 nitrogen and oxygen atoms in total. The Morgan fingerprint density at radius 1 is 1.25 bits per heavy atom. The minimum absolute atomic E-state index is 0.266. The first-order valence-corrected chi connectivity index (χ1v) is 5.99. The van der Waals surface area contributed by atoms with E-state index in [0.29, 0.717) is 12.5 Å². The second-order valence-electron chi connectivity index (χ2n) is 4.86. The van der Waals surface area contributed by atoms with Crippen LogP contribution in [0.2, 0.25) is 0 Å². The van der Waals surface area contributed by atoms with Gasteiger partial charge in [-0.25, -0.2) is 0 Å². The molecule has 0 fully saturated rings. The molecule has 1 aromatic rings. The Kier molecular flexibility index (Phi) is 4.81. The van der Waals surface area contributed by atoms with Crippen LogP contribution in [-0.4, -0.2) is 6.10 Å². The third kappa shape index (κ3) is 3.86.